The molecule has 18 heavy (non-hydrogen) atoms. The molecule has 0 saturated heterocycles. The van der Waals surface area contributed by atoms with Gasteiger partial charge in [-0.3, -0.25) is 4.79 Å². The van der Waals surface area contributed by atoms with Crippen LogP contribution in [0.4, 0.5) is 5.69 Å². The van der Waals surface area contributed by atoms with Crippen molar-refractivity contribution in [2.45, 2.75) is 6.42 Å². The molecule has 0 unspecified atom stereocenters. The van der Waals surface area contributed by atoms with Crippen molar-refractivity contribution in [2.24, 2.45) is 0 Å². The van der Waals surface area contributed by atoms with Crippen LogP contribution in [0, 0.1) is 22.7 Å². The van der Waals surface area contributed by atoms with Gasteiger partial charge in [0.1, 0.15) is 0 Å². The van der Waals surface area contributed by atoms with Crippen LogP contribution in [-0.4, -0.2) is 19.0 Å². The van der Waals surface area contributed by atoms with Gasteiger partial charge in [-0.2, -0.15) is 10.5 Å². The molecule has 0 bridgehead atoms. The van der Waals surface area contributed by atoms with E-state index in [1.54, 1.807) is 18.2 Å². The first-order valence-corrected chi connectivity index (χ1v) is 5.62. The van der Waals surface area contributed by atoms with E-state index in [1.165, 1.54) is 0 Å². The van der Waals surface area contributed by atoms with E-state index < -0.39 is 0 Å². The van der Waals surface area contributed by atoms with Crippen LogP contribution in [0.15, 0.2) is 18.2 Å². The summed E-state index contributed by atoms with van der Waals surface area (Å²) in [6, 6.07) is 8.68. The van der Waals surface area contributed by atoms with Gasteiger partial charge < -0.3 is 10.6 Å². The number of rotatable bonds is 5. The Hall–Kier alpha value is -2.24. The Morgan fingerprint density at radius 1 is 1.39 bits per heavy atom. The maximum atomic E-state index is 11.4. The molecule has 0 atom stereocenters. The van der Waals surface area contributed by atoms with Gasteiger partial charge in [0, 0.05) is 6.54 Å². The van der Waals surface area contributed by atoms with Crippen LogP contribution in [0.1, 0.15) is 12.0 Å². The zero-order valence-electron chi connectivity index (χ0n) is 9.53. The Kier molecular flexibility index (Phi) is 5.50. The Balaban J connectivity index is 2.51. The summed E-state index contributed by atoms with van der Waals surface area (Å²) >= 11 is 5.92. The topological polar surface area (TPSA) is 88.7 Å². The van der Waals surface area contributed by atoms with Crippen LogP contribution < -0.4 is 10.6 Å². The van der Waals surface area contributed by atoms with Crippen molar-refractivity contribution in [3.8, 4) is 12.1 Å². The number of carbonyl (C=O) groups excluding carboxylic acids is 1. The van der Waals surface area contributed by atoms with Gasteiger partial charge in [-0.15, -0.1) is 0 Å². The Labute approximate surface area is 110 Å². The average Bonchev–Trinajstić information content (AvgIpc) is 2.38. The molecule has 0 radical (unpaired) electrons. The van der Waals surface area contributed by atoms with Gasteiger partial charge in [-0.25, -0.2) is 0 Å². The second-order valence-electron chi connectivity index (χ2n) is 3.42. The Morgan fingerprint density at radius 3 is 2.83 bits per heavy atom. The monoisotopic (exact) mass is 262 g/mol. The zero-order chi connectivity index (χ0) is 13.4. The summed E-state index contributed by atoms with van der Waals surface area (Å²) in [5.41, 5.74) is 0.998. The van der Waals surface area contributed by atoms with Crippen LogP contribution in [0.5, 0.6) is 0 Å². The van der Waals surface area contributed by atoms with Gasteiger partial charge in [0.15, 0.2) is 0 Å². The third kappa shape index (κ3) is 4.32. The van der Waals surface area contributed by atoms with Crippen molar-refractivity contribution in [3.63, 3.8) is 0 Å². The Morgan fingerprint density at radius 2 is 2.17 bits per heavy atom. The lowest BCUT2D eigenvalue weighted by molar-refractivity contribution is -0.119. The van der Waals surface area contributed by atoms with Gasteiger partial charge in [-0.1, -0.05) is 11.6 Å². The Bertz CT molecular complexity index is 516. The minimum Gasteiger partial charge on any atom is -0.375 e. The molecule has 1 aromatic rings. The van der Waals surface area contributed by atoms with Crippen LogP contribution in [0.25, 0.3) is 0 Å². The van der Waals surface area contributed by atoms with E-state index in [-0.39, 0.29) is 18.9 Å². The predicted molar refractivity (Wildman–Crippen MR) is 67.9 cm³/mol. The molecule has 0 fully saturated rings. The lowest BCUT2D eigenvalue weighted by Gasteiger charge is -2.08. The number of nitrogens with zero attached hydrogens (tertiary/aromatic N) is 2. The fraction of sp³-hybridized carbons (Fsp3) is 0.250. The fourth-order valence-corrected chi connectivity index (χ4v) is 1.41. The molecule has 0 saturated carbocycles. The molecule has 0 heterocycles. The molecule has 0 aliphatic rings. The van der Waals surface area contributed by atoms with Gasteiger partial charge in [0.25, 0.3) is 0 Å². The van der Waals surface area contributed by atoms with Crippen LogP contribution in [0.3, 0.4) is 0 Å². The predicted octanol–water partition coefficient (Wildman–Crippen LogP) is 1.65. The summed E-state index contributed by atoms with van der Waals surface area (Å²) in [5.74, 6) is -0.233. The van der Waals surface area contributed by atoms with E-state index in [1.807, 2.05) is 12.1 Å². The second kappa shape index (κ2) is 7.16. The highest BCUT2D eigenvalue weighted by Gasteiger charge is 2.04. The number of nitriles is 2. The first-order chi connectivity index (χ1) is 8.67. The molecule has 92 valence electrons. The molecule has 0 aromatic heterocycles. The van der Waals surface area contributed by atoms with Crippen molar-refractivity contribution in [1.82, 2.24) is 5.32 Å². The molecule has 1 rings (SSSR count). The van der Waals surface area contributed by atoms with Crippen molar-refractivity contribution < 1.29 is 4.79 Å². The van der Waals surface area contributed by atoms with E-state index in [0.717, 1.165) is 0 Å². The SMILES string of the molecule is N#CCCNC(=O)CNc1cc(C#N)ccc1Cl. The summed E-state index contributed by atoms with van der Waals surface area (Å²) in [4.78, 5) is 11.4. The molecule has 1 amide bonds. The number of anilines is 1. The number of halogens is 1. The number of benzene rings is 1. The highest BCUT2D eigenvalue weighted by molar-refractivity contribution is 6.33. The van der Waals surface area contributed by atoms with Gasteiger partial charge >= 0.3 is 0 Å². The molecule has 0 spiro atoms. The molecule has 6 heteroatoms. The molecule has 5 nitrogen and oxygen atoms in total. The summed E-state index contributed by atoms with van der Waals surface area (Å²) in [6.07, 6.45) is 0.274. The molecule has 1 aromatic carbocycles. The fourth-order valence-electron chi connectivity index (χ4n) is 1.23. The van der Waals surface area contributed by atoms with Crippen molar-refractivity contribution >= 4 is 23.2 Å². The highest BCUT2D eigenvalue weighted by Crippen LogP contribution is 2.22. The molecular formula is C12H11ClN4O. The summed E-state index contributed by atoms with van der Waals surface area (Å²) < 4.78 is 0. The van der Waals surface area contributed by atoms with E-state index >= 15 is 0 Å². The van der Waals surface area contributed by atoms with Crippen LogP contribution in [0.2, 0.25) is 5.02 Å². The van der Waals surface area contributed by atoms with Gasteiger partial charge in [0.2, 0.25) is 5.91 Å². The molecule has 0 aliphatic heterocycles. The maximum absolute atomic E-state index is 11.4. The zero-order valence-corrected chi connectivity index (χ0v) is 10.3. The van der Waals surface area contributed by atoms with E-state index in [0.29, 0.717) is 22.8 Å². The normalized spacial score (nSPS) is 9.06. The third-order valence-corrected chi connectivity index (χ3v) is 2.42. The second-order valence-corrected chi connectivity index (χ2v) is 3.83. The lowest BCUT2D eigenvalue weighted by Crippen LogP contribution is -2.30. The van der Waals surface area contributed by atoms with E-state index in [9.17, 15) is 4.79 Å². The summed E-state index contributed by atoms with van der Waals surface area (Å²) in [6.45, 7) is 0.364. The first kappa shape index (κ1) is 13.8. The molecular weight excluding hydrogens is 252 g/mol. The minimum absolute atomic E-state index is 0.0417. The number of hydrogen-bond acceptors (Lipinski definition) is 4. The average molecular weight is 263 g/mol. The summed E-state index contributed by atoms with van der Waals surface area (Å²) in [5, 5.41) is 22.9. The first-order valence-electron chi connectivity index (χ1n) is 5.24. The number of nitrogens with one attached hydrogen (secondary N) is 2. The smallest absolute Gasteiger partial charge is 0.239 e. The van der Waals surface area contributed by atoms with E-state index in [2.05, 4.69) is 10.6 Å². The van der Waals surface area contributed by atoms with Crippen LogP contribution >= 0.6 is 11.6 Å². The van der Waals surface area contributed by atoms with Gasteiger partial charge in [-0.05, 0) is 18.2 Å². The summed E-state index contributed by atoms with van der Waals surface area (Å²) in [7, 11) is 0. The number of hydrogen-bond donors (Lipinski definition) is 2. The lowest BCUT2D eigenvalue weighted by atomic mass is 10.2. The number of amides is 1. The quantitative estimate of drug-likeness (QED) is 0.790. The van der Waals surface area contributed by atoms with Crippen LogP contribution in [-0.2, 0) is 4.79 Å². The van der Waals surface area contributed by atoms with Crippen molar-refractivity contribution in [1.29, 1.82) is 10.5 Å². The molecule has 2 N–H and O–H groups in total. The number of carbonyl (C=O) groups is 1. The highest BCUT2D eigenvalue weighted by atomic mass is 35.5. The van der Waals surface area contributed by atoms with Crippen molar-refractivity contribution in [3.05, 3.63) is 28.8 Å². The maximum Gasteiger partial charge on any atom is 0.239 e. The van der Waals surface area contributed by atoms with Crippen molar-refractivity contribution in [2.75, 3.05) is 18.4 Å². The van der Waals surface area contributed by atoms with E-state index in [4.69, 9.17) is 22.1 Å². The van der Waals surface area contributed by atoms with Gasteiger partial charge in [0.05, 0.1) is 41.4 Å². The largest absolute Gasteiger partial charge is 0.375 e. The minimum atomic E-state index is -0.233. The molecule has 0 aliphatic carbocycles. The third-order valence-electron chi connectivity index (χ3n) is 2.09. The standard InChI is InChI=1S/C12H11ClN4O/c13-10-3-2-9(7-15)6-11(10)17-8-12(18)16-5-1-4-14/h2-3,6,17H,1,5,8H2,(H,16,18).